The van der Waals surface area contributed by atoms with Crippen molar-refractivity contribution in [3.63, 3.8) is 0 Å². The molecule has 1 aliphatic rings. The zero-order valence-corrected chi connectivity index (χ0v) is 13.4. The Labute approximate surface area is 135 Å². The van der Waals surface area contributed by atoms with Gasteiger partial charge in [-0.25, -0.2) is 0 Å². The van der Waals surface area contributed by atoms with Crippen LogP contribution in [0, 0.1) is 6.92 Å². The Morgan fingerprint density at radius 1 is 1.05 bits per heavy atom. The van der Waals surface area contributed by atoms with Crippen LogP contribution in [0.25, 0.3) is 10.9 Å². The molecule has 0 radical (unpaired) electrons. The molecule has 110 valence electrons. The zero-order valence-electron chi connectivity index (χ0n) is 12.6. The van der Waals surface area contributed by atoms with Crippen molar-refractivity contribution in [1.82, 2.24) is 4.98 Å². The highest BCUT2D eigenvalue weighted by atomic mass is 32.2. The molecule has 4 rings (SSSR count). The molecule has 2 aromatic carbocycles. The lowest BCUT2D eigenvalue weighted by Crippen LogP contribution is -2.04. The predicted molar refractivity (Wildman–Crippen MR) is 95.2 cm³/mol. The van der Waals surface area contributed by atoms with Crippen LogP contribution in [0.5, 0.6) is 0 Å². The lowest BCUT2D eigenvalue weighted by Gasteiger charge is -2.14. The largest absolute Gasteiger partial charge is 0.380 e. The molecule has 0 spiro atoms. The first-order chi connectivity index (χ1) is 10.8. The molecular formula is C19H18N2S. The van der Waals surface area contributed by atoms with Gasteiger partial charge in [0.2, 0.25) is 0 Å². The van der Waals surface area contributed by atoms with E-state index in [1.165, 1.54) is 33.5 Å². The van der Waals surface area contributed by atoms with Crippen molar-refractivity contribution in [2.45, 2.75) is 25.0 Å². The molecule has 3 heteroatoms. The molecule has 0 amide bonds. The molecule has 0 saturated carbocycles. The van der Waals surface area contributed by atoms with Crippen molar-refractivity contribution < 1.29 is 0 Å². The third-order valence-corrected chi connectivity index (χ3v) is 5.12. The standard InChI is InChI=1S/C19H18N2S/c1-13-6-8-14(9-7-13)10-20-19-15-4-2-3-5-17(15)21-18-12-22-11-16(18)19/h2-9H,10-12H2,1H3,(H,20,21). The summed E-state index contributed by atoms with van der Waals surface area (Å²) < 4.78 is 0. The molecule has 0 saturated heterocycles. The Balaban J connectivity index is 1.72. The van der Waals surface area contributed by atoms with Crippen LogP contribution in [-0.4, -0.2) is 4.98 Å². The lowest BCUT2D eigenvalue weighted by atomic mass is 10.1. The zero-order chi connectivity index (χ0) is 14.9. The van der Waals surface area contributed by atoms with E-state index in [2.05, 4.69) is 60.8 Å². The summed E-state index contributed by atoms with van der Waals surface area (Å²) >= 11 is 1.95. The summed E-state index contributed by atoms with van der Waals surface area (Å²) in [5.74, 6) is 2.09. The number of aryl methyl sites for hydroxylation is 1. The van der Waals surface area contributed by atoms with Gasteiger partial charge in [-0.1, -0.05) is 48.0 Å². The summed E-state index contributed by atoms with van der Waals surface area (Å²) in [7, 11) is 0. The molecule has 0 aliphatic carbocycles. The van der Waals surface area contributed by atoms with Crippen molar-refractivity contribution in [3.05, 3.63) is 70.9 Å². The second-order valence-electron chi connectivity index (χ2n) is 5.76. The number of nitrogens with one attached hydrogen (secondary N) is 1. The van der Waals surface area contributed by atoms with E-state index in [1.807, 2.05) is 11.8 Å². The summed E-state index contributed by atoms with van der Waals surface area (Å²) in [6.45, 7) is 2.98. The van der Waals surface area contributed by atoms with Gasteiger partial charge in [0.15, 0.2) is 0 Å². The van der Waals surface area contributed by atoms with Gasteiger partial charge in [0.05, 0.1) is 11.2 Å². The quantitative estimate of drug-likeness (QED) is 0.745. The SMILES string of the molecule is Cc1ccc(CNc2c3c(nc4ccccc24)CSC3)cc1. The minimum Gasteiger partial charge on any atom is -0.380 e. The van der Waals surface area contributed by atoms with Crippen LogP contribution in [0.2, 0.25) is 0 Å². The first-order valence-corrected chi connectivity index (χ1v) is 8.74. The highest BCUT2D eigenvalue weighted by Crippen LogP contribution is 2.38. The fourth-order valence-corrected chi connectivity index (χ4v) is 3.97. The Hall–Kier alpha value is -2.00. The first-order valence-electron chi connectivity index (χ1n) is 7.59. The maximum atomic E-state index is 4.82. The van der Waals surface area contributed by atoms with Crippen LogP contribution in [0.4, 0.5) is 5.69 Å². The van der Waals surface area contributed by atoms with E-state index in [9.17, 15) is 0 Å². The monoisotopic (exact) mass is 306 g/mol. The normalized spacial score (nSPS) is 13.3. The number of aromatic nitrogens is 1. The second kappa shape index (κ2) is 5.65. The smallest absolute Gasteiger partial charge is 0.0726 e. The highest BCUT2D eigenvalue weighted by Gasteiger charge is 2.19. The van der Waals surface area contributed by atoms with E-state index >= 15 is 0 Å². The summed E-state index contributed by atoms with van der Waals surface area (Å²) in [5.41, 5.74) is 7.61. The van der Waals surface area contributed by atoms with Crippen molar-refractivity contribution in [1.29, 1.82) is 0 Å². The topological polar surface area (TPSA) is 24.9 Å². The van der Waals surface area contributed by atoms with Gasteiger partial charge < -0.3 is 5.32 Å². The Morgan fingerprint density at radius 2 is 1.86 bits per heavy atom. The van der Waals surface area contributed by atoms with Crippen molar-refractivity contribution >= 4 is 28.4 Å². The summed E-state index contributed by atoms with van der Waals surface area (Å²) in [4.78, 5) is 4.82. The molecular weight excluding hydrogens is 288 g/mol. The highest BCUT2D eigenvalue weighted by molar-refractivity contribution is 7.98. The van der Waals surface area contributed by atoms with Crippen LogP contribution in [0.3, 0.4) is 0 Å². The van der Waals surface area contributed by atoms with Crippen molar-refractivity contribution in [2.24, 2.45) is 0 Å². The lowest BCUT2D eigenvalue weighted by molar-refractivity contribution is 1.12. The number of para-hydroxylation sites is 1. The number of pyridine rings is 1. The average Bonchev–Trinajstić information content (AvgIpc) is 3.01. The van der Waals surface area contributed by atoms with Gasteiger partial charge in [-0.15, -0.1) is 0 Å². The molecule has 1 N–H and O–H groups in total. The van der Waals surface area contributed by atoms with E-state index in [0.29, 0.717) is 0 Å². The van der Waals surface area contributed by atoms with E-state index in [1.54, 1.807) is 0 Å². The molecule has 0 atom stereocenters. The molecule has 1 aromatic heterocycles. The number of rotatable bonds is 3. The Bertz CT molecular complexity index is 825. The van der Waals surface area contributed by atoms with Crippen LogP contribution in [0.1, 0.15) is 22.4 Å². The van der Waals surface area contributed by atoms with Gasteiger partial charge >= 0.3 is 0 Å². The third kappa shape index (κ3) is 2.46. The van der Waals surface area contributed by atoms with Crippen LogP contribution in [-0.2, 0) is 18.1 Å². The molecule has 0 unspecified atom stereocenters. The molecule has 22 heavy (non-hydrogen) atoms. The maximum Gasteiger partial charge on any atom is 0.0726 e. The van der Waals surface area contributed by atoms with Crippen LogP contribution < -0.4 is 5.32 Å². The molecule has 1 aliphatic heterocycles. The molecule has 3 aromatic rings. The minimum absolute atomic E-state index is 0.853. The minimum atomic E-state index is 0.853. The van der Waals surface area contributed by atoms with E-state index in [-0.39, 0.29) is 0 Å². The summed E-state index contributed by atoms with van der Waals surface area (Å²) in [5, 5.41) is 4.90. The van der Waals surface area contributed by atoms with Crippen molar-refractivity contribution in [3.8, 4) is 0 Å². The predicted octanol–water partition coefficient (Wildman–Crippen LogP) is 4.90. The van der Waals surface area contributed by atoms with E-state index in [0.717, 1.165) is 23.6 Å². The molecule has 2 nitrogen and oxygen atoms in total. The van der Waals surface area contributed by atoms with E-state index < -0.39 is 0 Å². The molecule has 0 bridgehead atoms. The van der Waals surface area contributed by atoms with Gasteiger partial charge in [0, 0.05) is 34.7 Å². The van der Waals surface area contributed by atoms with E-state index in [4.69, 9.17) is 4.98 Å². The Morgan fingerprint density at radius 3 is 2.73 bits per heavy atom. The van der Waals surface area contributed by atoms with Gasteiger partial charge in [0.1, 0.15) is 0 Å². The van der Waals surface area contributed by atoms with Crippen LogP contribution >= 0.6 is 11.8 Å². The van der Waals surface area contributed by atoms with Gasteiger partial charge in [-0.2, -0.15) is 11.8 Å². The number of nitrogens with zero attached hydrogens (tertiary/aromatic N) is 1. The van der Waals surface area contributed by atoms with Gasteiger partial charge in [-0.3, -0.25) is 4.98 Å². The van der Waals surface area contributed by atoms with Crippen LogP contribution in [0.15, 0.2) is 48.5 Å². The fraction of sp³-hybridized carbons (Fsp3) is 0.211. The Kier molecular flexibility index (Phi) is 3.51. The number of fused-ring (bicyclic) bond motifs is 2. The fourth-order valence-electron chi connectivity index (χ4n) is 2.93. The molecule has 0 fully saturated rings. The second-order valence-corrected chi connectivity index (χ2v) is 6.75. The average molecular weight is 306 g/mol. The van der Waals surface area contributed by atoms with Gasteiger partial charge in [0.25, 0.3) is 0 Å². The molecule has 2 heterocycles. The number of thioether (sulfide) groups is 1. The summed E-state index contributed by atoms with van der Waals surface area (Å²) in [6, 6.07) is 17.2. The van der Waals surface area contributed by atoms with Crippen molar-refractivity contribution in [2.75, 3.05) is 5.32 Å². The third-order valence-electron chi connectivity index (χ3n) is 4.15. The number of benzene rings is 2. The summed E-state index contributed by atoms with van der Waals surface area (Å²) in [6.07, 6.45) is 0. The maximum absolute atomic E-state index is 4.82. The first kappa shape index (κ1) is 13.6. The van der Waals surface area contributed by atoms with Gasteiger partial charge in [-0.05, 0) is 18.6 Å². The number of hydrogen-bond acceptors (Lipinski definition) is 3. The number of anilines is 1. The number of hydrogen-bond donors (Lipinski definition) is 1.